The first kappa shape index (κ1) is 22.8. The minimum absolute atomic E-state index is 0.0283. The molecule has 31 heavy (non-hydrogen) atoms. The molecule has 1 fully saturated rings. The Labute approximate surface area is 178 Å². The molecular weight excluding hydrogens is 409 g/mol. The second-order valence-corrected chi connectivity index (χ2v) is 9.19. The van der Waals surface area contributed by atoms with Crippen molar-refractivity contribution in [2.75, 3.05) is 18.0 Å². The van der Waals surface area contributed by atoms with E-state index in [0.29, 0.717) is 17.4 Å². The zero-order valence-corrected chi connectivity index (χ0v) is 18.0. The summed E-state index contributed by atoms with van der Waals surface area (Å²) in [6, 6.07) is 5.27. The molecule has 0 saturated carbocycles. The normalized spacial score (nSPS) is 18.2. The molecule has 1 aliphatic heterocycles. The number of hydrogen-bond donors (Lipinski definition) is 2. The average molecular weight is 436 g/mol. The van der Waals surface area contributed by atoms with Crippen LogP contribution < -0.4 is 15.8 Å². The lowest BCUT2D eigenvalue weighted by Gasteiger charge is -2.32. The predicted octanol–water partition coefficient (Wildman–Crippen LogP) is 4.15. The number of amides is 1. The van der Waals surface area contributed by atoms with Crippen LogP contribution in [0.4, 0.5) is 19.1 Å². The van der Waals surface area contributed by atoms with Crippen molar-refractivity contribution in [2.24, 2.45) is 11.3 Å². The number of aromatic amines is 1. The molecule has 168 valence electrons. The number of halogens is 3. The molecule has 2 N–H and O–H groups in total. The van der Waals surface area contributed by atoms with Gasteiger partial charge in [-0.1, -0.05) is 39.8 Å². The van der Waals surface area contributed by atoms with Crippen LogP contribution in [0.25, 0.3) is 0 Å². The maximum absolute atomic E-state index is 13.0. The van der Waals surface area contributed by atoms with Gasteiger partial charge >= 0.3 is 6.18 Å². The Balaban J connectivity index is 1.86. The van der Waals surface area contributed by atoms with Gasteiger partial charge < -0.3 is 10.2 Å². The molecule has 6 nitrogen and oxygen atoms in total. The molecular formula is C22H27F3N4O2. The number of rotatable bonds is 4. The van der Waals surface area contributed by atoms with Gasteiger partial charge in [-0.2, -0.15) is 13.2 Å². The van der Waals surface area contributed by atoms with Crippen molar-refractivity contribution in [1.82, 2.24) is 15.3 Å². The molecule has 2 heterocycles. The molecule has 2 atom stereocenters. The molecule has 9 heteroatoms. The number of H-pyrrole nitrogens is 1. The summed E-state index contributed by atoms with van der Waals surface area (Å²) in [5.74, 6) is 0.260. The van der Waals surface area contributed by atoms with Gasteiger partial charge in [0.05, 0.1) is 11.6 Å². The summed E-state index contributed by atoms with van der Waals surface area (Å²) in [5.41, 5.74) is -1.18. The van der Waals surface area contributed by atoms with Crippen LogP contribution >= 0.6 is 0 Å². The van der Waals surface area contributed by atoms with Crippen molar-refractivity contribution in [3.05, 3.63) is 57.5 Å². The van der Waals surface area contributed by atoms with E-state index in [1.165, 1.54) is 12.1 Å². The highest BCUT2D eigenvalue weighted by molar-refractivity contribution is 5.92. The van der Waals surface area contributed by atoms with Crippen LogP contribution in [0, 0.1) is 11.3 Å². The van der Waals surface area contributed by atoms with Crippen molar-refractivity contribution in [1.29, 1.82) is 0 Å². The molecule has 1 aromatic carbocycles. The van der Waals surface area contributed by atoms with Crippen molar-refractivity contribution in [3.63, 3.8) is 0 Å². The summed E-state index contributed by atoms with van der Waals surface area (Å²) < 4.78 is 38.7. The largest absolute Gasteiger partial charge is 0.416 e. The molecule has 1 saturated heterocycles. The number of anilines is 1. The topological polar surface area (TPSA) is 78.1 Å². The number of alkyl halides is 3. The molecule has 2 aromatic rings. The van der Waals surface area contributed by atoms with Crippen LogP contribution in [-0.2, 0) is 6.18 Å². The van der Waals surface area contributed by atoms with E-state index in [4.69, 9.17) is 0 Å². The molecule has 3 rings (SSSR count). The Morgan fingerprint density at radius 2 is 1.87 bits per heavy atom. The Morgan fingerprint density at radius 3 is 2.39 bits per heavy atom. The third kappa shape index (κ3) is 5.45. The number of nitrogens with one attached hydrogen (secondary N) is 2. The monoisotopic (exact) mass is 436 g/mol. The SMILES string of the molecule is CC1CCN(c2nc(C(=O)N[C@@H](c3ccc(C(F)(F)F)cc3)C(C)(C)C)cc(=O)[nH]2)C1. The van der Waals surface area contributed by atoms with Crippen LogP contribution in [0.5, 0.6) is 0 Å². The first-order valence-corrected chi connectivity index (χ1v) is 10.2. The smallest absolute Gasteiger partial charge is 0.343 e. The third-order valence-corrected chi connectivity index (χ3v) is 5.40. The van der Waals surface area contributed by atoms with Gasteiger partial charge in [-0.25, -0.2) is 4.98 Å². The first-order chi connectivity index (χ1) is 14.3. The molecule has 1 aromatic heterocycles. The zero-order chi connectivity index (χ0) is 23.0. The summed E-state index contributed by atoms with van der Waals surface area (Å²) in [4.78, 5) is 34.0. The van der Waals surface area contributed by atoms with Crippen LogP contribution in [0.3, 0.4) is 0 Å². The number of carbonyl (C=O) groups excluding carboxylic acids is 1. The predicted molar refractivity (Wildman–Crippen MR) is 112 cm³/mol. The van der Waals surface area contributed by atoms with Crippen LogP contribution in [0.15, 0.2) is 35.1 Å². The van der Waals surface area contributed by atoms with E-state index in [-0.39, 0.29) is 5.69 Å². The van der Waals surface area contributed by atoms with Crippen LogP contribution in [0.1, 0.15) is 61.8 Å². The lowest BCUT2D eigenvalue weighted by atomic mass is 9.82. The van der Waals surface area contributed by atoms with Crippen molar-refractivity contribution < 1.29 is 18.0 Å². The van der Waals surface area contributed by atoms with E-state index in [1.807, 2.05) is 25.7 Å². The zero-order valence-electron chi connectivity index (χ0n) is 18.0. The van der Waals surface area contributed by atoms with Gasteiger partial charge in [0, 0.05) is 19.2 Å². The average Bonchev–Trinajstić information content (AvgIpc) is 3.10. The summed E-state index contributed by atoms with van der Waals surface area (Å²) in [6.45, 7) is 9.20. The Hall–Kier alpha value is -2.84. The highest BCUT2D eigenvalue weighted by Crippen LogP contribution is 2.35. The van der Waals surface area contributed by atoms with Gasteiger partial charge in [0.2, 0.25) is 5.95 Å². The first-order valence-electron chi connectivity index (χ1n) is 10.2. The lowest BCUT2D eigenvalue weighted by Crippen LogP contribution is -2.38. The maximum atomic E-state index is 13.0. The van der Waals surface area contributed by atoms with Gasteiger partial charge in [-0.15, -0.1) is 0 Å². The van der Waals surface area contributed by atoms with E-state index < -0.39 is 34.7 Å². The standard InChI is InChI=1S/C22H27F3N4O2/c1-13-9-10-29(12-13)20-26-16(11-17(30)27-20)19(31)28-18(21(2,3)4)14-5-7-15(8-6-14)22(23,24)25/h5-8,11,13,18H,9-10,12H2,1-4H3,(H,28,31)(H,26,27,30)/t13?,18-/m0/s1. The molecule has 1 unspecified atom stereocenters. The molecule has 0 bridgehead atoms. The van der Waals surface area contributed by atoms with Crippen molar-refractivity contribution in [2.45, 2.75) is 46.3 Å². The Kier molecular flexibility index (Phi) is 6.16. The molecule has 0 spiro atoms. The lowest BCUT2D eigenvalue weighted by molar-refractivity contribution is -0.137. The summed E-state index contributed by atoms with van der Waals surface area (Å²) >= 11 is 0. The Bertz CT molecular complexity index is 994. The van der Waals surface area contributed by atoms with E-state index in [1.54, 1.807) is 0 Å². The number of aromatic nitrogens is 2. The van der Waals surface area contributed by atoms with E-state index in [9.17, 15) is 22.8 Å². The summed E-state index contributed by atoms with van der Waals surface area (Å²) in [7, 11) is 0. The van der Waals surface area contributed by atoms with E-state index in [0.717, 1.165) is 37.7 Å². The van der Waals surface area contributed by atoms with Gasteiger partial charge in [-0.3, -0.25) is 14.6 Å². The molecule has 0 radical (unpaired) electrons. The summed E-state index contributed by atoms with van der Waals surface area (Å²) in [6.07, 6.45) is -3.46. The van der Waals surface area contributed by atoms with E-state index >= 15 is 0 Å². The Morgan fingerprint density at radius 1 is 1.23 bits per heavy atom. The van der Waals surface area contributed by atoms with E-state index in [2.05, 4.69) is 22.2 Å². The fourth-order valence-electron chi connectivity index (χ4n) is 3.71. The second kappa shape index (κ2) is 8.36. The molecule has 1 amide bonds. The third-order valence-electron chi connectivity index (χ3n) is 5.40. The molecule has 0 aliphatic carbocycles. The van der Waals surface area contributed by atoms with Gasteiger partial charge in [-0.05, 0) is 35.4 Å². The number of nitrogens with zero attached hydrogens (tertiary/aromatic N) is 2. The number of hydrogen-bond acceptors (Lipinski definition) is 4. The summed E-state index contributed by atoms with van der Waals surface area (Å²) in [5, 5.41) is 2.85. The quantitative estimate of drug-likeness (QED) is 0.755. The van der Waals surface area contributed by atoms with Crippen molar-refractivity contribution >= 4 is 11.9 Å². The van der Waals surface area contributed by atoms with Crippen molar-refractivity contribution in [3.8, 4) is 0 Å². The minimum atomic E-state index is -4.43. The highest BCUT2D eigenvalue weighted by atomic mass is 19.4. The van der Waals surface area contributed by atoms with Gasteiger partial charge in [0.25, 0.3) is 11.5 Å². The maximum Gasteiger partial charge on any atom is 0.416 e. The molecule has 1 aliphatic rings. The van der Waals surface area contributed by atoms with Gasteiger partial charge in [0.1, 0.15) is 5.69 Å². The minimum Gasteiger partial charge on any atom is -0.343 e. The number of carbonyl (C=O) groups is 1. The fraction of sp³-hybridized carbons (Fsp3) is 0.500. The fourth-order valence-corrected chi connectivity index (χ4v) is 3.71. The van der Waals surface area contributed by atoms with Crippen LogP contribution in [-0.4, -0.2) is 29.0 Å². The highest BCUT2D eigenvalue weighted by Gasteiger charge is 2.33. The number of benzene rings is 1. The second-order valence-electron chi connectivity index (χ2n) is 9.19. The van der Waals surface area contributed by atoms with Gasteiger partial charge in [0.15, 0.2) is 0 Å². The van der Waals surface area contributed by atoms with Crippen LogP contribution in [0.2, 0.25) is 0 Å².